The van der Waals surface area contributed by atoms with Crippen LogP contribution in [0.5, 0.6) is 0 Å². The van der Waals surface area contributed by atoms with Crippen LogP contribution in [0.25, 0.3) is 6.08 Å². The predicted octanol–water partition coefficient (Wildman–Crippen LogP) is 1.30. The van der Waals surface area contributed by atoms with E-state index in [1.54, 1.807) is 0 Å². The summed E-state index contributed by atoms with van der Waals surface area (Å²) in [6.07, 6.45) is 1.50. The summed E-state index contributed by atoms with van der Waals surface area (Å²) in [5.41, 5.74) is 0.677. The molecule has 1 aromatic rings. The van der Waals surface area contributed by atoms with Crippen LogP contribution in [0.2, 0.25) is 0 Å². The normalized spacial score (nSPS) is 9.38. The Hall–Kier alpha value is -2.17. The molecule has 16 heavy (non-hydrogen) atoms. The molecule has 1 heterocycles. The van der Waals surface area contributed by atoms with Gasteiger partial charge in [-0.2, -0.15) is 0 Å². The number of carbonyl (C=O) groups is 2. The molecule has 84 valence electrons. The van der Waals surface area contributed by atoms with Gasteiger partial charge in [-0.15, -0.1) is 0 Å². The number of carbonyl (C=O) groups excluding carboxylic acids is 2. The van der Waals surface area contributed by atoms with Crippen LogP contribution in [-0.4, -0.2) is 31.1 Å². The topological polar surface area (TPSA) is 65.5 Å². The molecule has 0 aliphatic heterocycles. The average molecular weight is 221 g/mol. The van der Waals surface area contributed by atoms with E-state index in [1.807, 2.05) is 0 Å². The van der Waals surface area contributed by atoms with E-state index in [4.69, 9.17) is 0 Å². The fourth-order valence-corrected chi connectivity index (χ4v) is 1.09. The van der Waals surface area contributed by atoms with Gasteiger partial charge < -0.3 is 9.47 Å². The first-order valence-electron chi connectivity index (χ1n) is 4.43. The number of methoxy groups -OCH3 is 2. The molecule has 0 saturated heterocycles. The zero-order valence-electron chi connectivity index (χ0n) is 9.02. The number of pyridine rings is 1. The van der Waals surface area contributed by atoms with Crippen molar-refractivity contribution in [3.63, 3.8) is 0 Å². The van der Waals surface area contributed by atoms with Gasteiger partial charge in [0.2, 0.25) is 0 Å². The molecule has 0 aliphatic rings. The number of rotatable bonds is 3. The van der Waals surface area contributed by atoms with Crippen molar-refractivity contribution in [1.82, 2.24) is 4.98 Å². The smallest absolute Gasteiger partial charge is 0.356 e. The van der Waals surface area contributed by atoms with Crippen molar-refractivity contribution in [3.8, 4) is 0 Å². The molecule has 0 aromatic carbocycles. The van der Waals surface area contributed by atoms with Gasteiger partial charge in [0.15, 0.2) is 0 Å². The molecule has 0 amide bonds. The molecule has 0 atom stereocenters. The highest BCUT2D eigenvalue weighted by atomic mass is 16.5. The highest BCUT2D eigenvalue weighted by molar-refractivity contribution is 5.92. The van der Waals surface area contributed by atoms with E-state index in [-0.39, 0.29) is 11.4 Å². The molecule has 0 aliphatic carbocycles. The number of hydrogen-bond acceptors (Lipinski definition) is 5. The summed E-state index contributed by atoms with van der Waals surface area (Å²) in [7, 11) is 2.48. The Bertz CT molecular complexity index is 405. The summed E-state index contributed by atoms with van der Waals surface area (Å²) in [5.74, 6) is -1.23. The van der Waals surface area contributed by atoms with E-state index < -0.39 is 11.9 Å². The van der Waals surface area contributed by atoms with Gasteiger partial charge in [0.25, 0.3) is 0 Å². The van der Waals surface area contributed by atoms with E-state index in [1.165, 1.54) is 32.4 Å². The van der Waals surface area contributed by atoms with Gasteiger partial charge in [0.05, 0.1) is 14.2 Å². The maximum atomic E-state index is 11.3. The van der Waals surface area contributed by atoms with E-state index in [0.29, 0.717) is 5.56 Å². The zero-order valence-corrected chi connectivity index (χ0v) is 9.02. The first-order valence-corrected chi connectivity index (χ1v) is 4.43. The predicted molar refractivity (Wildman–Crippen MR) is 57.0 cm³/mol. The number of esters is 2. The van der Waals surface area contributed by atoms with E-state index in [2.05, 4.69) is 21.0 Å². The summed E-state index contributed by atoms with van der Waals surface area (Å²) in [5, 5.41) is 0. The minimum Gasteiger partial charge on any atom is -0.464 e. The average Bonchev–Trinajstić information content (AvgIpc) is 2.35. The van der Waals surface area contributed by atoms with Crippen molar-refractivity contribution in [2.45, 2.75) is 0 Å². The summed E-state index contributed by atoms with van der Waals surface area (Å²) < 4.78 is 9.03. The lowest BCUT2D eigenvalue weighted by Crippen LogP contribution is -2.11. The maximum absolute atomic E-state index is 11.3. The number of hydrogen-bond donors (Lipinski definition) is 0. The fraction of sp³-hybridized carbons (Fsp3) is 0.182. The van der Waals surface area contributed by atoms with E-state index in [0.717, 1.165) is 0 Å². The quantitative estimate of drug-likeness (QED) is 0.720. The van der Waals surface area contributed by atoms with E-state index in [9.17, 15) is 9.59 Å². The molecule has 0 fully saturated rings. The first kappa shape index (κ1) is 11.9. The Morgan fingerprint density at radius 1 is 1.19 bits per heavy atom. The van der Waals surface area contributed by atoms with Crippen molar-refractivity contribution in [2.75, 3.05) is 14.2 Å². The lowest BCUT2D eigenvalue weighted by molar-refractivity contribution is 0.0586. The second-order valence-corrected chi connectivity index (χ2v) is 2.86. The molecule has 5 heteroatoms. The summed E-state index contributed by atoms with van der Waals surface area (Å²) in [6.45, 7) is 3.55. The molecule has 0 N–H and O–H groups in total. The molecule has 0 radical (unpaired) electrons. The van der Waals surface area contributed by atoms with Gasteiger partial charge in [-0.1, -0.05) is 12.7 Å². The molecule has 0 bridgehead atoms. The SMILES string of the molecule is C=Cc1cc(C(=O)OC)nc(C(=O)OC)c1. The van der Waals surface area contributed by atoms with Gasteiger partial charge in [-0.25, -0.2) is 14.6 Å². The first-order chi connectivity index (χ1) is 7.62. The van der Waals surface area contributed by atoms with Crippen LogP contribution in [0.4, 0.5) is 0 Å². The molecular weight excluding hydrogens is 210 g/mol. The molecule has 1 rings (SSSR count). The molecule has 1 aromatic heterocycles. The summed E-state index contributed by atoms with van der Waals surface area (Å²) in [6, 6.07) is 2.95. The molecular formula is C11H11NO4. The third kappa shape index (κ3) is 2.44. The zero-order chi connectivity index (χ0) is 12.1. The van der Waals surface area contributed by atoms with Crippen molar-refractivity contribution in [3.05, 3.63) is 35.7 Å². The highest BCUT2D eigenvalue weighted by Gasteiger charge is 2.14. The Balaban J connectivity index is 3.26. The van der Waals surface area contributed by atoms with Crippen LogP contribution in [0.1, 0.15) is 26.5 Å². The molecule has 0 spiro atoms. The Morgan fingerprint density at radius 2 is 1.62 bits per heavy atom. The largest absolute Gasteiger partial charge is 0.464 e. The standard InChI is InChI=1S/C11H11NO4/c1-4-7-5-8(10(13)15-2)12-9(6-7)11(14)16-3/h4-6H,1H2,2-3H3. The van der Waals surface area contributed by atoms with Crippen LogP contribution in [0.3, 0.4) is 0 Å². The Morgan fingerprint density at radius 3 is 1.94 bits per heavy atom. The summed E-state index contributed by atoms with van der Waals surface area (Å²) in [4.78, 5) is 26.4. The third-order valence-corrected chi connectivity index (χ3v) is 1.87. The van der Waals surface area contributed by atoms with E-state index >= 15 is 0 Å². The second-order valence-electron chi connectivity index (χ2n) is 2.86. The molecule has 0 saturated carbocycles. The van der Waals surface area contributed by atoms with Crippen LogP contribution in [0, 0.1) is 0 Å². The van der Waals surface area contributed by atoms with Gasteiger partial charge in [-0.05, 0) is 17.7 Å². The van der Waals surface area contributed by atoms with Gasteiger partial charge in [-0.3, -0.25) is 0 Å². The Kier molecular flexibility index (Phi) is 3.77. The Labute approximate surface area is 92.7 Å². The van der Waals surface area contributed by atoms with Gasteiger partial charge in [0, 0.05) is 0 Å². The minimum atomic E-state index is -0.617. The minimum absolute atomic E-state index is 0.0419. The lowest BCUT2D eigenvalue weighted by atomic mass is 10.2. The van der Waals surface area contributed by atoms with Gasteiger partial charge in [0.1, 0.15) is 11.4 Å². The van der Waals surface area contributed by atoms with Crippen LogP contribution < -0.4 is 0 Å². The lowest BCUT2D eigenvalue weighted by Gasteiger charge is -2.03. The van der Waals surface area contributed by atoms with Crippen LogP contribution in [0.15, 0.2) is 18.7 Å². The van der Waals surface area contributed by atoms with Gasteiger partial charge >= 0.3 is 11.9 Å². The maximum Gasteiger partial charge on any atom is 0.356 e. The van der Waals surface area contributed by atoms with Crippen LogP contribution in [-0.2, 0) is 9.47 Å². The molecule has 0 unspecified atom stereocenters. The molecule has 5 nitrogen and oxygen atoms in total. The van der Waals surface area contributed by atoms with Crippen molar-refractivity contribution >= 4 is 18.0 Å². The number of nitrogens with zero attached hydrogens (tertiary/aromatic N) is 1. The monoisotopic (exact) mass is 221 g/mol. The fourth-order valence-electron chi connectivity index (χ4n) is 1.09. The van der Waals surface area contributed by atoms with Crippen molar-refractivity contribution in [2.24, 2.45) is 0 Å². The third-order valence-electron chi connectivity index (χ3n) is 1.87. The van der Waals surface area contributed by atoms with Crippen molar-refractivity contribution < 1.29 is 19.1 Å². The highest BCUT2D eigenvalue weighted by Crippen LogP contribution is 2.09. The van der Waals surface area contributed by atoms with Crippen LogP contribution >= 0.6 is 0 Å². The van der Waals surface area contributed by atoms with Crippen molar-refractivity contribution in [1.29, 1.82) is 0 Å². The second kappa shape index (κ2) is 5.06. The summed E-state index contributed by atoms with van der Waals surface area (Å²) >= 11 is 0. The number of ether oxygens (including phenoxy) is 2. The number of aromatic nitrogens is 1.